The Kier molecular flexibility index (Phi) is 4.22. The first kappa shape index (κ1) is 10.4. The van der Waals surface area contributed by atoms with Gasteiger partial charge in [-0.05, 0) is 38.8 Å². The number of nitrogens with one attached hydrogen (secondary N) is 1. The van der Waals surface area contributed by atoms with Crippen LogP contribution in [-0.4, -0.2) is 50.3 Å². The number of likely N-dealkylation sites (tertiary alicyclic amines) is 1. The largest absolute Gasteiger partial charge is 0.381 e. The topological polar surface area (TPSA) is 24.5 Å². The maximum Gasteiger partial charge on any atom is 0.0480 e. The molecule has 1 N–H and O–H groups in total. The summed E-state index contributed by atoms with van der Waals surface area (Å²) in [4.78, 5) is 2.56. The van der Waals surface area contributed by atoms with Gasteiger partial charge in [-0.25, -0.2) is 0 Å². The zero-order valence-corrected chi connectivity index (χ0v) is 9.00. The van der Waals surface area contributed by atoms with Gasteiger partial charge in [0.1, 0.15) is 0 Å². The molecule has 2 rings (SSSR count). The first-order valence-electron chi connectivity index (χ1n) is 5.98. The number of hydrogen-bond acceptors (Lipinski definition) is 3. The summed E-state index contributed by atoms with van der Waals surface area (Å²) in [6.45, 7) is 6.91. The van der Waals surface area contributed by atoms with Crippen LogP contribution in [0.15, 0.2) is 0 Å². The molecular weight excluding hydrogens is 176 g/mol. The van der Waals surface area contributed by atoms with E-state index in [1.165, 1.54) is 45.3 Å². The highest BCUT2D eigenvalue weighted by atomic mass is 16.5. The molecule has 0 atom stereocenters. The molecule has 0 amide bonds. The van der Waals surface area contributed by atoms with Crippen molar-refractivity contribution in [3.63, 3.8) is 0 Å². The zero-order valence-electron chi connectivity index (χ0n) is 9.00. The van der Waals surface area contributed by atoms with E-state index < -0.39 is 0 Å². The summed E-state index contributed by atoms with van der Waals surface area (Å²) in [6, 6.07) is 0.714. The van der Waals surface area contributed by atoms with E-state index in [1.54, 1.807) is 0 Å². The van der Waals surface area contributed by atoms with Crippen LogP contribution < -0.4 is 5.32 Å². The summed E-state index contributed by atoms with van der Waals surface area (Å²) in [5, 5.41) is 3.63. The summed E-state index contributed by atoms with van der Waals surface area (Å²) in [5.41, 5.74) is 0. The van der Waals surface area contributed by atoms with Crippen LogP contribution in [0.1, 0.15) is 25.7 Å². The van der Waals surface area contributed by atoms with Crippen LogP contribution in [-0.2, 0) is 4.74 Å². The standard InChI is InChI=1S/C11H22N2O/c1-2-7-13(6-1)8-5-12-11-3-9-14-10-4-11/h11-12H,1-10H2. The van der Waals surface area contributed by atoms with E-state index in [1.807, 2.05) is 0 Å². The molecule has 2 aliphatic rings. The van der Waals surface area contributed by atoms with Crippen LogP contribution in [0.25, 0.3) is 0 Å². The molecule has 0 aromatic rings. The summed E-state index contributed by atoms with van der Waals surface area (Å²) in [5.74, 6) is 0. The van der Waals surface area contributed by atoms with Crippen molar-refractivity contribution in [1.29, 1.82) is 0 Å². The molecule has 14 heavy (non-hydrogen) atoms. The molecule has 0 aromatic carbocycles. The second kappa shape index (κ2) is 5.69. The third kappa shape index (κ3) is 3.23. The lowest BCUT2D eigenvalue weighted by atomic mass is 10.1. The zero-order chi connectivity index (χ0) is 9.64. The molecule has 82 valence electrons. The molecule has 3 heteroatoms. The fourth-order valence-electron chi connectivity index (χ4n) is 2.33. The number of nitrogens with zero attached hydrogens (tertiary/aromatic N) is 1. The van der Waals surface area contributed by atoms with Gasteiger partial charge in [0.15, 0.2) is 0 Å². The van der Waals surface area contributed by atoms with Crippen molar-refractivity contribution in [1.82, 2.24) is 10.2 Å². The molecule has 0 radical (unpaired) electrons. The predicted octanol–water partition coefficient (Wildman–Crippen LogP) is 0.851. The third-order valence-corrected chi connectivity index (χ3v) is 3.28. The SMILES string of the molecule is C1CCN(CCNC2CCOCC2)C1. The third-order valence-electron chi connectivity index (χ3n) is 3.28. The van der Waals surface area contributed by atoms with E-state index in [0.717, 1.165) is 19.8 Å². The monoisotopic (exact) mass is 198 g/mol. The van der Waals surface area contributed by atoms with Crippen LogP contribution >= 0.6 is 0 Å². The second-order valence-corrected chi connectivity index (χ2v) is 4.39. The van der Waals surface area contributed by atoms with Crippen LogP contribution in [0, 0.1) is 0 Å². The minimum atomic E-state index is 0.714. The predicted molar refractivity (Wildman–Crippen MR) is 57.5 cm³/mol. The second-order valence-electron chi connectivity index (χ2n) is 4.39. The first-order valence-corrected chi connectivity index (χ1v) is 5.98. The van der Waals surface area contributed by atoms with Crippen LogP contribution in [0.3, 0.4) is 0 Å². The summed E-state index contributed by atoms with van der Waals surface area (Å²) in [7, 11) is 0. The lowest BCUT2D eigenvalue weighted by molar-refractivity contribution is 0.0774. The van der Waals surface area contributed by atoms with E-state index in [0.29, 0.717) is 6.04 Å². The van der Waals surface area contributed by atoms with Gasteiger partial charge in [-0.3, -0.25) is 0 Å². The molecule has 0 aliphatic carbocycles. The molecule has 0 saturated carbocycles. The Morgan fingerprint density at radius 2 is 1.86 bits per heavy atom. The number of hydrogen-bond donors (Lipinski definition) is 1. The lowest BCUT2D eigenvalue weighted by Crippen LogP contribution is -2.39. The van der Waals surface area contributed by atoms with Crippen molar-refractivity contribution in [2.24, 2.45) is 0 Å². The summed E-state index contributed by atoms with van der Waals surface area (Å²) < 4.78 is 5.33. The van der Waals surface area contributed by atoms with Gasteiger partial charge in [-0.2, -0.15) is 0 Å². The van der Waals surface area contributed by atoms with E-state index in [2.05, 4.69) is 10.2 Å². The highest BCUT2D eigenvalue weighted by Crippen LogP contribution is 2.07. The van der Waals surface area contributed by atoms with Crippen LogP contribution in [0.5, 0.6) is 0 Å². The number of rotatable bonds is 4. The maximum atomic E-state index is 5.33. The summed E-state index contributed by atoms with van der Waals surface area (Å²) in [6.07, 6.45) is 5.19. The van der Waals surface area contributed by atoms with Crippen molar-refractivity contribution < 1.29 is 4.74 Å². The Morgan fingerprint density at radius 1 is 1.14 bits per heavy atom. The van der Waals surface area contributed by atoms with Gasteiger partial charge in [0.05, 0.1) is 0 Å². The molecular formula is C11H22N2O. The Labute approximate surface area is 86.8 Å². The van der Waals surface area contributed by atoms with Gasteiger partial charge >= 0.3 is 0 Å². The van der Waals surface area contributed by atoms with Gasteiger partial charge in [0, 0.05) is 32.3 Å². The Bertz CT molecular complexity index is 151. The lowest BCUT2D eigenvalue weighted by Gasteiger charge is -2.24. The minimum absolute atomic E-state index is 0.714. The molecule has 2 fully saturated rings. The molecule has 2 saturated heterocycles. The molecule has 2 aliphatic heterocycles. The minimum Gasteiger partial charge on any atom is -0.381 e. The highest BCUT2D eigenvalue weighted by Gasteiger charge is 2.14. The van der Waals surface area contributed by atoms with Crippen LogP contribution in [0.2, 0.25) is 0 Å². The number of ether oxygens (including phenoxy) is 1. The van der Waals surface area contributed by atoms with Gasteiger partial charge < -0.3 is 15.0 Å². The van der Waals surface area contributed by atoms with Gasteiger partial charge in [-0.1, -0.05) is 0 Å². The van der Waals surface area contributed by atoms with Gasteiger partial charge in [0.2, 0.25) is 0 Å². The molecule has 0 bridgehead atoms. The fourth-order valence-corrected chi connectivity index (χ4v) is 2.33. The van der Waals surface area contributed by atoms with Crippen molar-refractivity contribution in [3.05, 3.63) is 0 Å². The Balaban J connectivity index is 1.52. The van der Waals surface area contributed by atoms with Crippen molar-refractivity contribution in [2.75, 3.05) is 39.4 Å². The average molecular weight is 198 g/mol. The van der Waals surface area contributed by atoms with Crippen molar-refractivity contribution in [3.8, 4) is 0 Å². The van der Waals surface area contributed by atoms with Crippen molar-refractivity contribution >= 4 is 0 Å². The molecule has 3 nitrogen and oxygen atoms in total. The first-order chi connectivity index (χ1) is 6.95. The smallest absolute Gasteiger partial charge is 0.0480 e. The van der Waals surface area contributed by atoms with Crippen LogP contribution in [0.4, 0.5) is 0 Å². The normalized spacial score (nSPS) is 25.7. The maximum absolute atomic E-state index is 5.33. The van der Waals surface area contributed by atoms with E-state index in [9.17, 15) is 0 Å². The molecule has 0 unspecified atom stereocenters. The van der Waals surface area contributed by atoms with E-state index in [-0.39, 0.29) is 0 Å². The quantitative estimate of drug-likeness (QED) is 0.725. The average Bonchev–Trinajstić information content (AvgIpc) is 2.72. The Morgan fingerprint density at radius 3 is 2.57 bits per heavy atom. The fraction of sp³-hybridized carbons (Fsp3) is 1.00. The highest BCUT2D eigenvalue weighted by molar-refractivity contribution is 4.72. The van der Waals surface area contributed by atoms with Gasteiger partial charge in [0.25, 0.3) is 0 Å². The Hall–Kier alpha value is -0.120. The summed E-state index contributed by atoms with van der Waals surface area (Å²) >= 11 is 0. The van der Waals surface area contributed by atoms with E-state index in [4.69, 9.17) is 4.74 Å². The molecule has 0 spiro atoms. The molecule has 2 heterocycles. The van der Waals surface area contributed by atoms with Crippen molar-refractivity contribution in [2.45, 2.75) is 31.7 Å². The molecule has 0 aromatic heterocycles. The van der Waals surface area contributed by atoms with Gasteiger partial charge in [-0.15, -0.1) is 0 Å². The van der Waals surface area contributed by atoms with E-state index >= 15 is 0 Å².